The highest BCUT2D eigenvalue weighted by Gasteiger charge is 2.27. The molecule has 2 aliphatic heterocycles. The molecule has 1 aromatic carbocycles. The van der Waals surface area contributed by atoms with Gasteiger partial charge in [0.25, 0.3) is 0 Å². The molecule has 0 amide bonds. The van der Waals surface area contributed by atoms with E-state index in [-0.39, 0.29) is 5.82 Å². The third kappa shape index (κ3) is 4.72. The van der Waals surface area contributed by atoms with Gasteiger partial charge in [0.2, 0.25) is 11.8 Å². The van der Waals surface area contributed by atoms with Crippen LogP contribution in [0.2, 0.25) is 0 Å². The van der Waals surface area contributed by atoms with E-state index in [1.165, 1.54) is 17.0 Å². The summed E-state index contributed by atoms with van der Waals surface area (Å²) >= 11 is 1.78. The van der Waals surface area contributed by atoms with Gasteiger partial charge in [0, 0.05) is 50.1 Å². The van der Waals surface area contributed by atoms with Crippen LogP contribution in [0.15, 0.2) is 41.8 Å². The predicted molar refractivity (Wildman–Crippen MR) is 121 cm³/mol. The third-order valence-corrected chi connectivity index (χ3v) is 6.99. The number of rotatable bonds is 5. The van der Waals surface area contributed by atoms with Crippen molar-refractivity contribution in [1.82, 2.24) is 14.9 Å². The van der Waals surface area contributed by atoms with E-state index in [1.54, 1.807) is 23.5 Å². The number of anilines is 1. The number of halogens is 1. The van der Waals surface area contributed by atoms with Gasteiger partial charge >= 0.3 is 0 Å². The maximum Gasteiger partial charge on any atom is 0.228 e. The highest BCUT2D eigenvalue weighted by atomic mass is 32.1. The minimum absolute atomic E-state index is 0.315. The highest BCUT2D eigenvalue weighted by molar-refractivity contribution is 7.09. The molecule has 1 saturated heterocycles. The normalized spacial score (nSPS) is 17.5. The molecule has 2 aromatic heterocycles. The van der Waals surface area contributed by atoms with Gasteiger partial charge in [0.15, 0.2) is 0 Å². The van der Waals surface area contributed by atoms with Crippen molar-refractivity contribution in [3.05, 3.63) is 63.7 Å². The standard InChI is InChI=1S/C24H27FN4OS/c1-17-7-11-29(12-8-17)24-26-22-9-10-28(15-20-6-3-13-31-20)16-21(22)23(27-24)30-19-5-2-4-18(25)14-19/h2-6,13-14,17H,7-12,15-16H2,1H3. The minimum Gasteiger partial charge on any atom is -0.438 e. The molecular formula is C24H27FN4OS. The zero-order valence-corrected chi connectivity index (χ0v) is 18.6. The Bertz CT molecular complexity index is 1030. The number of hydrogen-bond donors (Lipinski definition) is 0. The van der Waals surface area contributed by atoms with Crippen LogP contribution in [0, 0.1) is 11.7 Å². The number of piperidine rings is 1. The first kappa shape index (κ1) is 20.4. The largest absolute Gasteiger partial charge is 0.438 e. The zero-order chi connectivity index (χ0) is 21.2. The summed E-state index contributed by atoms with van der Waals surface area (Å²) in [4.78, 5) is 15.8. The van der Waals surface area contributed by atoms with E-state index < -0.39 is 0 Å². The molecule has 7 heteroatoms. The first-order chi connectivity index (χ1) is 15.1. The van der Waals surface area contributed by atoms with Crippen molar-refractivity contribution < 1.29 is 9.13 Å². The first-order valence-electron chi connectivity index (χ1n) is 11.0. The average Bonchev–Trinajstić information content (AvgIpc) is 3.27. The fourth-order valence-electron chi connectivity index (χ4n) is 4.26. The van der Waals surface area contributed by atoms with E-state index >= 15 is 0 Å². The number of hydrogen-bond acceptors (Lipinski definition) is 6. The summed E-state index contributed by atoms with van der Waals surface area (Å²) < 4.78 is 19.9. The van der Waals surface area contributed by atoms with Crippen molar-refractivity contribution in [2.24, 2.45) is 5.92 Å². The van der Waals surface area contributed by atoms with Crippen molar-refractivity contribution in [3.63, 3.8) is 0 Å². The topological polar surface area (TPSA) is 41.5 Å². The molecule has 2 aliphatic rings. The second-order valence-corrected chi connectivity index (χ2v) is 9.56. The van der Waals surface area contributed by atoms with Crippen LogP contribution in [0.4, 0.5) is 10.3 Å². The summed E-state index contributed by atoms with van der Waals surface area (Å²) in [5.41, 5.74) is 2.07. The number of ether oxygens (including phenoxy) is 1. The quantitative estimate of drug-likeness (QED) is 0.543. The van der Waals surface area contributed by atoms with Crippen LogP contribution in [0.25, 0.3) is 0 Å². The molecule has 0 bridgehead atoms. The summed E-state index contributed by atoms with van der Waals surface area (Å²) in [6, 6.07) is 10.5. The van der Waals surface area contributed by atoms with Crippen LogP contribution in [0.3, 0.4) is 0 Å². The second kappa shape index (κ2) is 8.93. The molecule has 0 unspecified atom stereocenters. The highest BCUT2D eigenvalue weighted by Crippen LogP contribution is 2.33. The lowest BCUT2D eigenvalue weighted by molar-refractivity contribution is 0.240. The molecule has 5 nitrogen and oxygen atoms in total. The Balaban J connectivity index is 1.46. The van der Waals surface area contributed by atoms with Crippen LogP contribution < -0.4 is 9.64 Å². The van der Waals surface area contributed by atoms with Crippen LogP contribution in [0.1, 0.15) is 35.9 Å². The van der Waals surface area contributed by atoms with E-state index in [4.69, 9.17) is 14.7 Å². The van der Waals surface area contributed by atoms with Gasteiger partial charge in [-0.15, -0.1) is 11.3 Å². The molecule has 5 rings (SSSR count). The van der Waals surface area contributed by atoms with Gasteiger partial charge in [0.05, 0.1) is 11.3 Å². The molecule has 3 aromatic rings. The van der Waals surface area contributed by atoms with Crippen molar-refractivity contribution in [1.29, 1.82) is 0 Å². The van der Waals surface area contributed by atoms with E-state index in [1.807, 2.05) is 0 Å². The average molecular weight is 439 g/mol. The Morgan fingerprint density at radius 3 is 2.77 bits per heavy atom. The van der Waals surface area contributed by atoms with Crippen molar-refractivity contribution in [2.45, 2.75) is 39.3 Å². The summed E-state index contributed by atoms with van der Waals surface area (Å²) in [7, 11) is 0. The summed E-state index contributed by atoms with van der Waals surface area (Å²) in [6.07, 6.45) is 3.16. The fourth-order valence-corrected chi connectivity index (χ4v) is 5.01. The molecule has 31 heavy (non-hydrogen) atoms. The van der Waals surface area contributed by atoms with E-state index in [9.17, 15) is 4.39 Å². The Morgan fingerprint density at radius 1 is 1.13 bits per heavy atom. The third-order valence-electron chi connectivity index (χ3n) is 6.13. The fraction of sp³-hybridized carbons (Fsp3) is 0.417. The maximum absolute atomic E-state index is 13.8. The molecule has 0 radical (unpaired) electrons. The molecule has 162 valence electrons. The monoisotopic (exact) mass is 438 g/mol. The summed E-state index contributed by atoms with van der Waals surface area (Å²) in [5.74, 6) is 2.19. The summed E-state index contributed by atoms with van der Waals surface area (Å²) in [6.45, 7) is 6.81. The Kier molecular flexibility index (Phi) is 5.87. The molecule has 4 heterocycles. The van der Waals surface area contributed by atoms with Gasteiger partial charge in [0.1, 0.15) is 11.6 Å². The van der Waals surface area contributed by atoms with E-state index in [0.29, 0.717) is 11.6 Å². The molecule has 0 spiro atoms. The van der Waals surface area contributed by atoms with Gasteiger partial charge in [-0.2, -0.15) is 4.98 Å². The number of benzene rings is 1. The second-order valence-electron chi connectivity index (χ2n) is 8.52. The van der Waals surface area contributed by atoms with Crippen LogP contribution >= 0.6 is 11.3 Å². The van der Waals surface area contributed by atoms with Crippen LogP contribution in [-0.2, 0) is 19.5 Å². The minimum atomic E-state index is -0.315. The Hall–Kier alpha value is -2.51. The number of thiophene rings is 1. The SMILES string of the molecule is CC1CCN(c2nc3c(c(Oc4cccc(F)c4)n2)CN(Cc2cccs2)CC3)CC1. The van der Waals surface area contributed by atoms with Crippen molar-refractivity contribution in [3.8, 4) is 11.6 Å². The van der Waals surface area contributed by atoms with E-state index in [0.717, 1.165) is 75.1 Å². The molecular weight excluding hydrogens is 411 g/mol. The Labute approximate surface area is 186 Å². The van der Waals surface area contributed by atoms with Crippen LogP contribution in [-0.4, -0.2) is 34.5 Å². The number of fused-ring (bicyclic) bond motifs is 1. The lowest BCUT2D eigenvalue weighted by Crippen LogP contribution is -2.36. The molecule has 1 fully saturated rings. The van der Waals surface area contributed by atoms with E-state index in [2.05, 4.69) is 34.2 Å². The zero-order valence-electron chi connectivity index (χ0n) is 17.8. The molecule has 0 atom stereocenters. The van der Waals surface area contributed by atoms with Crippen LogP contribution in [0.5, 0.6) is 11.6 Å². The Morgan fingerprint density at radius 2 is 2.00 bits per heavy atom. The first-order valence-corrected chi connectivity index (χ1v) is 11.8. The smallest absolute Gasteiger partial charge is 0.228 e. The lowest BCUT2D eigenvalue weighted by Gasteiger charge is -2.33. The number of nitrogens with zero attached hydrogens (tertiary/aromatic N) is 4. The summed E-state index contributed by atoms with van der Waals surface area (Å²) in [5, 5.41) is 2.11. The predicted octanol–water partition coefficient (Wildman–Crippen LogP) is 5.26. The maximum atomic E-state index is 13.8. The van der Waals surface area contributed by atoms with Gasteiger partial charge in [-0.25, -0.2) is 9.37 Å². The van der Waals surface area contributed by atoms with Crippen molar-refractivity contribution in [2.75, 3.05) is 24.5 Å². The molecule has 0 N–H and O–H groups in total. The van der Waals surface area contributed by atoms with Gasteiger partial charge in [-0.05, 0) is 42.3 Å². The van der Waals surface area contributed by atoms with Gasteiger partial charge < -0.3 is 9.64 Å². The molecule has 0 aliphatic carbocycles. The van der Waals surface area contributed by atoms with Gasteiger partial charge in [-0.3, -0.25) is 4.90 Å². The number of aromatic nitrogens is 2. The van der Waals surface area contributed by atoms with Crippen molar-refractivity contribution >= 4 is 17.3 Å². The van der Waals surface area contributed by atoms with Gasteiger partial charge in [-0.1, -0.05) is 19.1 Å². The molecule has 0 saturated carbocycles. The lowest BCUT2D eigenvalue weighted by atomic mass is 9.99.